The molecule has 128 valence electrons. The standard InChI is InChI=1S/C17H17N5O3/c1-3-18-17(24)22-15-9-20-16-12(21-15)6-11(8-19-16)10-4-5-13(23)14(7-10)25-2/h4-9,23H,3H2,1-2H3,(H2,18,21,22,24). The van der Waals surface area contributed by atoms with E-state index >= 15 is 0 Å². The van der Waals surface area contributed by atoms with Crippen molar-refractivity contribution in [2.24, 2.45) is 0 Å². The van der Waals surface area contributed by atoms with E-state index in [4.69, 9.17) is 4.74 Å². The van der Waals surface area contributed by atoms with Gasteiger partial charge in [-0.1, -0.05) is 6.07 Å². The summed E-state index contributed by atoms with van der Waals surface area (Å²) in [6.07, 6.45) is 3.12. The second-order valence-electron chi connectivity index (χ2n) is 5.19. The van der Waals surface area contributed by atoms with Gasteiger partial charge in [-0.05, 0) is 30.7 Å². The van der Waals surface area contributed by atoms with Crippen molar-refractivity contribution in [2.75, 3.05) is 19.0 Å². The summed E-state index contributed by atoms with van der Waals surface area (Å²) in [5.74, 6) is 0.768. The minimum Gasteiger partial charge on any atom is -0.504 e. The molecule has 0 aliphatic heterocycles. The highest BCUT2D eigenvalue weighted by molar-refractivity contribution is 5.89. The van der Waals surface area contributed by atoms with Gasteiger partial charge in [0.25, 0.3) is 0 Å². The summed E-state index contributed by atoms with van der Waals surface area (Å²) in [6, 6.07) is 6.48. The number of benzene rings is 1. The zero-order chi connectivity index (χ0) is 17.8. The molecular weight excluding hydrogens is 322 g/mol. The van der Waals surface area contributed by atoms with Crippen molar-refractivity contribution in [2.45, 2.75) is 6.92 Å². The van der Waals surface area contributed by atoms with Crippen LogP contribution >= 0.6 is 0 Å². The number of nitrogens with zero attached hydrogens (tertiary/aromatic N) is 3. The fourth-order valence-electron chi connectivity index (χ4n) is 2.30. The van der Waals surface area contributed by atoms with Crippen LogP contribution in [0.15, 0.2) is 36.7 Å². The van der Waals surface area contributed by atoms with Crippen LogP contribution in [-0.4, -0.2) is 39.7 Å². The molecule has 0 saturated carbocycles. The molecule has 2 heterocycles. The van der Waals surface area contributed by atoms with Crippen LogP contribution in [0.2, 0.25) is 0 Å². The Kier molecular flexibility index (Phi) is 4.60. The fourth-order valence-corrected chi connectivity index (χ4v) is 2.30. The summed E-state index contributed by atoms with van der Waals surface area (Å²) in [4.78, 5) is 24.4. The monoisotopic (exact) mass is 339 g/mol. The average molecular weight is 339 g/mol. The van der Waals surface area contributed by atoms with E-state index < -0.39 is 0 Å². The van der Waals surface area contributed by atoms with E-state index in [0.717, 1.165) is 11.1 Å². The summed E-state index contributed by atoms with van der Waals surface area (Å²) in [7, 11) is 1.49. The zero-order valence-corrected chi connectivity index (χ0v) is 13.8. The molecule has 3 N–H and O–H groups in total. The molecule has 0 fully saturated rings. The SMILES string of the molecule is CCNC(=O)Nc1cnc2ncc(-c3ccc(O)c(OC)c3)cc2n1. The van der Waals surface area contributed by atoms with Crippen LogP contribution in [0.1, 0.15) is 6.92 Å². The summed E-state index contributed by atoms with van der Waals surface area (Å²) < 4.78 is 5.13. The van der Waals surface area contributed by atoms with E-state index in [2.05, 4.69) is 25.6 Å². The van der Waals surface area contributed by atoms with E-state index in [-0.39, 0.29) is 11.8 Å². The molecule has 3 rings (SSSR count). The van der Waals surface area contributed by atoms with Gasteiger partial charge in [-0.3, -0.25) is 5.32 Å². The number of ether oxygens (including phenoxy) is 1. The molecule has 3 aromatic rings. The maximum Gasteiger partial charge on any atom is 0.320 e. The average Bonchev–Trinajstić information content (AvgIpc) is 2.61. The highest BCUT2D eigenvalue weighted by Crippen LogP contribution is 2.31. The smallest absolute Gasteiger partial charge is 0.320 e. The van der Waals surface area contributed by atoms with Crippen molar-refractivity contribution in [3.63, 3.8) is 0 Å². The highest BCUT2D eigenvalue weighted by atomic mass is 16.5. The molecule has 0 spiro atoms. The number of hydrogen-bond donors (Lipinski definition) is 3. The molecule has 2 aromatic heterocycles. The molecule has 0 saturated heterocycles. The molecule has 0 aliphatic rings. The predicted octanol–water partition coefficient (Wildman–Crippen LogP) is 2.55. The molecule has 0 atom stereocenters. The van der Waals surface area contributed by atoms with Crippen molar-refractivity contribution in [1.82, 2.24) is 20.3 Å². The first-order valence-electron chi connectivity index (χ1n) is 7.65. The zero-order valence-electron chi connectivity index (χ0n) is 13.8. The van der Waals surface area contributed by atoms with Gasteiger partial charge in [0.2, 0.25) is 0 Å². The predicted molar refractivity (Wildman–Crippen MR) is 93.7 cm³/mol. The third-order valence-electron chi connectivity index (χ3n) is 3.49. The molecule has 0 radical (unpaired) electrons. The lowest BCUT2D eigenvalue weighted by Crippen LogP contribution is -2.28. The lowest BCUT2D eigenvalue weighted by molar-refractivity contribution is 0.252. The normalized spacial score (nSPS) is 10.5. The largest absolute Gasteiger partial charge is 0.504 e. The molecule has 0 aliphatic carbocycles. The minimum absolute atomic E-state index is 0.0632. The number of phenolic OH excluding ortho intramolecular Hbond substituents is 1. The lowest BCUT2D eigenvalue weighted by atomic mass is 10.1. The Hall–Kier alpha value is -3.42. The summed E-state index contributed by atoms with van der Waals surface area (Å²) in [6.45, 7) is 2.34. The third kappa shape index (κ3) is 3.57. The maximum atomic E-state index is 11.6. The Morgan fingerprint density at radius 3 is 2.76 bits per heavy atom. The topological polar surface area (TPSA) is 109 Å². The van der Waals surface area contributed by atoms with Crippen LogP contribution in [-0.2, 0) is 0 Å². The molecule has 8 nitrogen and oxygen atoms in total. The quantitative estimate of drug-likeness (QED) is 0.674. The summed E-state index contributed by atoms with van der Waals surface area (Å²) >= 11 is 0. The number of amides is 2. The Morgan fingerprint density at radius 2 is 2.00 bits per heavy atom. The van der Waals surface area contributed by atoms with Gasteiger partial charge >= 0.3 is 6.03 Å². The van der Waals surface area contributed by atoms with Gasteiger partial charge in [-0.25, -0.2) is 19.7 Å². The van der Waals surface area contributed by atoms with E-state index in [1.54, 1.807) is 24.4 Å². The van der Waals surface area contributed by atoms with Crippen LogP contribution in [0.25, 0.3) is 22.3 Å². The van der Waals surface area contributed by atoms with E-state index in [1.165, 1.54) is 13.3 Å². The van der Waals surface area contributed by atoms with Crippen molar-refractivity contribution in [3.05, 3.63) is 36.7 Å². The van der Waals surface area contributed by atoms with Gasteiger partial charge in [0.15, 0.2) is 23.0 Å². The second kappa shape index (κ2) is 7.00. The Morgan fingerprint density at radius 1 is 1.20 bits per heavy atom. The van der Waals surface area contributed by atoms with Crippen LogP contribution in [0.3, 0.4) is 0 Å². The van der Waals surface area contributed by atoms with Gasteiger partial charge in [0.05, 0.1) is 13.3 Å². The number of anilines is 1. The number of aromatic hydroxyl groups is 1. The minimum atomic E-state index is -0.344. The van der Waals surface area contributed by atoms with Crippen LogP contribution < -0.4 is 15.4 Å². The molecule has 8 heteroatoms. The molecule has 1 aromatic carbocycles. The van der Waals surface area contributed by atoms with Gasteiger partial charge < -0.3 is 15.2 Å². The Bertz CT molecular complexity index is 929. The number of carbonyl (C=O) groups is 1. The number of methoxy groups -OCH3 is 1. The summed E-state index contributed by atoms with van der Waals surface area (Å²) in [5, 5.41) is 15.0. The number of pyridine rings is 1. The maximum absolute atomic E-state index is 11.6. The van der Waals surface area contributed by atoms with Crippen molar-refractivity contribution in [3.8, 4) is 22.6 Å². The Balaban J connectivity index is 1.96. The third-order valence-corrected chi connectivity index (χ3v) is 3.49. The molecule has 2 amide bonds. The fraction of sp³-hybridized carbons (Fsp3) is 0.176. The van der Waals surface area contributed by atoms with Crippen LogP contribution in [0, 0.1) is 0 Å². The number of phenols is 1. The van der Waals surface area contributed by atoms with Gasteiger partial charge in [0, 0.05) is 18.3 Å². The van der Waals surface area contributed by atoms with Crippen LogP contribution in [0.4, 0.5) is 10.6 Å². The van der Waals surface area contributed by atoms with E-state index in [0.29, 0.717) is 29.3 Å². The molecule has 25 heavy (non-hydrogen) atoms. The van der Waals surface area contributed by atoms with Gasteiger partial charge in [0.1, 0.15) is 5.52 Å². The lowest BCUT2D eigenvalue weighted by Gasteiger charge is -2.08. The van der Waals surface area contributed by atoms with Crippen molar-refractivity contribution < 1.29 is 14.6 Å². The molecular formula is C17H17N5O3. The number of urea groups is 1. The van der Waals surface area contributed by atoms with Gasteiger partial charge in [-0.15, -0.1) is 0 Å². The number of fused-ring (bicyclic) bond motifs is 1. The summed E-state index contributed by atoms with van der Waals surface area (Å²) in [5.41, 5.74) is 2.61. The van der Waals surface area contributed by atoms with Gasteiger partial charge in [-0.2, -0.15) is 0 Å². The number of rotatable bonds is 4. The highest BCUT2D eigenvalue weighted by Gasteiger charge is 2.09. The number of hydrogen-bond acceptors (Lipinski definition) is 6. The van der Waals surface area contributed by atoms with E-state index in [1.807, 2.05) is 13.0 Å². The first-order valence-corrected chi connectivity index (χ1v) is 7.65. The Labute approximate surface area is 143 Å². The van der Waals surface area contributed by atoms with E-state index in [9.17, 15) is 9.90 Å². The van der Waals surface area contributed by atoms with Crippen molar-refractivity contribution in [1.29, 1.82) is 0 Å². The molecule has 0 bridgehead atoms. The second-order valence-corrected chi connectivity index (χ2v) is 5.19. The first-order chi connectivity index (χ1) is 12.1. The number of carbonyl (C=O) groups excluding carboxylic acids is 1. The van der Waals surface area contributed by atoms with Crippen molar-refractivity contribution >= 4 is 23.0 Å². The van der Waals surface area contributed by atoms with Crippen LogP contribution in [0.5, 0.6) is 11.5 Å². The number of nitrogens with one attached hydrogen (secondary N) is 2. The molecule has 0 unspecified atom stereocenters. The first kappa shape index (κ1) is 16.4. The number of aromatic nitrogens is 3.